The number of unbranched alkanes of at least 4 members (excludes halogenated alkanes) is 1. The maximum Gasteiger partial charge on any atom is 0.267 e. The second-order valence-corrected chi connectivity index (χ2v) is 8.02. The van der Waals surface area contributed by atoms with Crippen molar-refractivity contribution in [3.8, 4) is 0 Å². The minimum atomic E-state index is -0.247. The quantitative estimate of drug-likeness (QED) is 0.362. The number of nitrogens with one attached hydrogen (secondary N) is 1. The van der Waals surface area contributed by atoms with Crippen molar-refractivity contribution in [2.24, 2.45) is 0 Å². The van der Waals surface area contributed by atoms with Crippen molar-refractivity contribution in [2.45, 2.75) is 25.7 Å². The monoisotopic (exact) mass is 427 g/mol. The van der Waals surface area contributed by atoms with Gasteiger partial charge in [-0.25, -0.2) is 5.48 Å². The van der Waals surface area contributed by atoms with Crippen molar-refractivity contribution in [3.05, 3.63) is 76.5 Å². The van der Waals surface area contributed by atoms with E-state index in [1.807, 2.05) is 6.08 Å². The van der Waals surface area contributed by atoms with E-state index in [0.29, 0.717) is 0 Å². The largest absolute Gasteiger partial charge is 0.341 e. The van der Waals surface area contributed by atoms with Gasteiger partial charge in [0, 0.05) is 35.6 Å². The second-order valence-electron chi connectivity index (χ2n) is 7.58. The summed E-state index contributed by atoms with van der Waals surface area (Å²) in [4.78, 5) is 20.6. The van der Waals surface area contributed by atoms with E-state index in [1.54, 1.807) is 0 Å². The summed E-state index contributed by atoms with van der Waals surface area (Å²) in [5, 5.41) is 0.815. The van der Waals surface area contributed by atoms with Crippen LogP contribution in [0.3, 0.4) is 0 Å². The van der Waals surface area contributed by atoms with E-state index in [0.717, 1.165) is 50.3 Å². The molecule has 0 radical (unpaired) electrons. The van der Waals surface area contributed by atoms with E-state index >= 15 is 0 Å². The summed E-state index contributed by atoms with van der Waals surface area (Å²) in [6.45, 7) is 2.64. The molecule has 3 rings (SSSR count). The van der Waals surface area contributed by atoms with Crippen molar-refractivity contribution >= 4 is 23.2 Å². The molecule has 0 aromatic heterocycles. The molecule has 2 aliphatic rings. The lowest BCUT2D eigenvalue weighted by molar-refractivity contribution is -0.126. The molecule has 1 heterocycles. The molecule has 1 amide bonds. The van der Waals surface area contributed by atoms with E-state index in [2.05, 4.69) is 69.7 Å². The number of amides is 1. The molecule has 1 aliphatic heterocycles. The Bertz CT molecular complexity index is 873. The third-order valence-electron chi connectivity index (χ3n) is 5.32. The molecular weight excluding hydrogens is 398 g/mol. The molecule has 1 aromatic rings. The number of likely N-dealkylation sites (N-methyl/N-ethyl adjacent to an activating group) is 1. The molecule has 6 heteroatoms. The first-order chi connectivity index (χ1) is 14.6. The molecule has 0 bridgehead atoms. The predicted molar refractivity (Wildman–Crippen MR) is 123 cm³/mol. The van der Waals surface area contributed by atoms with Gasteiger partial charge in [0.2, 0.25) is 0 Å². The van der Waals surface area contributed by atoms with Crippen molar-refractivity contribution in [3.63, 3.8) is 0 Å². The Labute approximate surface area is 184 Å². The fourth-order valence-electron chi connectivity index (χ4n) is 3.80. The van der Waals surface area contributed by atoms with Gasteiger partial charge in [0.1, 0.15) is 0 Å². The van der Waals surface area contributed by atoms with Crippen LogP contribution < -0.4 is 10.4 Å². The molecule has 0 saturated carbocycles. The zero-order valence-corrected chi connectivity index (χ0v) is 18.5. The molecule has 0 unspecified atom stereocenters. The van der Waals surface area contributed by atoms with Crippen molar-refractivity contribution < 1.29 is 9.63 Å². The van der Waals surface area contributed by atoms with Crippen LogP contribution in [0.15, 0.2) is 70.9 Å². The van der Waals surface area contributed by atoms with E-state index in [9.17, 15) is 4.79 Å². The number of para-hydroxylation sites is 1. The summed E-state index contributed by atoms with van der Waals surface area (Å²) in [5.74, 6) is -0.247. The SMILES string of the molecule is CONC(=O)/C=C/CN(C)CCCCN1C2=CC(Cl)=CCC2=CCc2ccccc21. The van der Waals surface area contributed by atoms with Crippen molar-refractivity contribution in [1.29, 1.82) is 0 Å². The van der Waals surface area contributed by atoms with Gasteiger partial charge in [0.25, 0.3) is 5.91 Å². The average Bonchev–Trinajstić information content (AvgIpc) is 2.88. The van der Waals surface area contributed by atoms with Crippen LogP contribution in [0, 0.1) is 0 Å². The Morgan fingerprint density at radius 1 is 1.27 bits per heavy atom. The lowest BCUT2D eigenvalue weighted by Crippen LogP contribution is -2.27. The van der Waals surface area contributed by atoms with E-state index in [1.165, 1.54) is 35.7 Å². The maximum atomic E-state index is 11.4. The van der Waals surface area contributed by atoms with Gasteiger partial charge in [-0.2, -0.15) is 0 Å². The highest BCUT2D eigenvalue weighted by Crippen LogP contribution is 2.36. The highest BCUT2D eigenvalue weighted by molar-refractivity contribution is 6.31. The van der Waals surface area contributed by atoms with Gasteiger partial charge in [-0.15, -0.1) is 0 Å². The van der Waals surface area contributed by atoms with Crippen LogP contribution in [0.4, 0.5) is 5.69 Å². The Hall–Kier alpha value is -2.34. The van der Waals surface area contributed by atoms with Gasteiger partial charge >= 0.3 is 0 Å². The number of allylic oxidation sites excluding steroid dienone is 5. The number of anilines is 1. The number of halogens is 1. The van der Waals surface area contributed by atoms with Crippen LogP contribution in [0.25, 0.3) is 0 Å². The molecule has 1 aliphatic carbocycles. The lowest BCUT2D eigenvalue weighted by Gasteiger charge is -2.30. The average molecular weight is 428 g/mol. The number of hydroxylamine groups is 1. The molecule has 0 fully saturated rings. The van der Waals surface area contributed by atoms with Crippen LogP contribution >= 0.6 is 11.6 Å². The summed E-state index contributed by atoms with van der Waals surface area (Å²) in [5.41, 5.74) is 7.49. The number of fused-ring (bicyclic) bond motifs is 2. The highest BCUT2D eigenvalue weighted by Gasteiger charge is 2.22. The summed E-state index contributed by atoms with van der Waals surface area (Å²) in [7, 11) is 3.49. The number of hydrogen-bond acceptors (Lipinski definition) is 4. The molecular formula is C24H30ClN3O2. The van der Waals surface area contributed by atoms with Crippen LogP contribution in [0.2, 0.25) is 0 Å². The number of rotatable bonds is 9. The van der Waals surface area contributed by atoms with Gasteiger partial charge in [-0.3, -0.25) is 9.63 Å². The number of nitrogens with zero attached hydrogens (tertiary/aromatic N) is 2. The number of hydrogen-bond donors (Lipinski definition) is 1. The summed E-state index contributed by atoms with van der Waals surface area (Å²) in [6, 6.07) is 8.64. The van der Waals surface area contributed by atoms with Gasteiger partial charge in [-0.05, 0) is 62.6 Å². The Morgan fingerprint density at radius 2 is 2.10 bits per heavy atom. The summed E-state index contributed by atoms with van der Waals surface area (Å²) in [6.07, 6.45) is 13.8. The number of benzene rings is 1. The summed E-state index contributed by atoms with van der Waals surface area (Å²) >= 11 is 6.36. The van der Waals surface area contributed by atoms with Crippen molar-refractivity contribution in [1.82, 2.24) is 10.4 Å². The Morgan fingerprint density at radius 3 is 2.93 bits per heavy atom. The third kappa shape index (κ3) is 6.08. The van der Waals surface area contributed by atoms with Crippen LogP contribution in [-0.4, -0.2) is 44.6 Å². The van der Waals surface area contributed by atoms with E-state index < -0.39 is 0 Å². The van der Waals surface area contributed by atoms with Gasteiger partial charge in [0.15, 0.2) is 0 Å². The molecule has 0 atom stereocenters. The normalized spacial score (nSPS) is 15.9. The number of carbonyl (C=O) groups is 1. The molecule has 160 valence electrons. The van der Waals surface area contributed by atoms with Crippen LogP contribution in [0.1, 0.15) is 24.8 Å². The third-order valence-corrected chi connectivity index (χ3v) is 5.59. The molecule has 0 spiro atoms. The van der Waals surface area contributed by atoms with Gasteiger partial charge in [-0.1, -0.05) is 48.0 Å². The minimum absolute atomic E-state index is 0.247. The first-order valence-electron chi connectivity index (χ1n) is 10.4. The van der Waals surface area contributed by atoms with Gasteiger partial charge in [0.05, 0.1) is 7.11 Å². The zero-order chi connectivity index (χ0) is 21.3. The van der Waals surface area contributed by atoms with Gasteiger partial charge < -0.3 is 9.80 Å². The smallest absolute Gasteiger partial charge is 0.267 e. The second kappa shape index (κ2) is 11.2. The van der Waals surface area contributed by atoms with Crippen molar-refractivity contribution in [2.75, 3.05) is 38.7 Å². The first-order valence-corrected chi connectivity index (χ1v) is 10.8. The molecule has 30 heavy (non-hydrogen) atoms. The predicted octanol–water partition coefficient (Wildman–Crippen LogP) is 4.33. The van der Waals surface area contributed by atoms with E-state index in [-0.39, 0.29) is 5.91 Å². The molecule has 0 saturated heterocycles. The maximum absolute atomic E-state index is 11.4. The highest BCUT2D eigenvalue weighted by atomic mass is 35.5. The molecule has 5 nitrogen and oxygen atoms in total. The Balaban J connectivity index is 1.57. The molecule has 1 N–H and O–H groups in total. The standard InChI is InChI=1S/C24H30ClN3O2/c1-27(16-7-10-24(29)26-30-2)15-5-6-17-28-22-9-4-3-8-19(22)11-12-20-13-14-21(25)18-23(20)28/h3-4,7-10,12,14,18H,5-6,11,13,15-17H2,1-2H3,(H,26,29)/b10-7+. The summed E-state index contributed by atoms with van der Waals surface area (Å²) < 4.78 is 0. The Kier molecular flexibility index (Phi) is 8.31. The van der Waals surface area contributed by atoms with Crippen LogP contribution in [0.5, 0.6) is 0 Å². The van der Waals surface area contributed by atoms with Crippen LogP contribution in [-0.2, 0) is 16.1 Å². The minimum Gasteiger partial charge on any atom is -0.341 e. The zero-order valence-electron chi connectivity index (χ0n) is 17.7. The topological polar surface area (TPSA) is 44.8 Å². The number of carbonyl (C=O) groups excluding carboxylic acids is 1. The molecule has 1 aromatic carbocycles. The fraction of sp³-hybridized carbons (Fsp3) is 0.375. The first kappa shape index (κ1) is 22.3. The lowest BCUT2D eigenvalue weighted by atomic mass is 10.0. The van der Waals surface area contributed by atoms with E-state index in [4.69, 9.17) is 11.6 Å². The fourth-order valence-corrected chi connectivity index (χ4v) is 3.98.